The number of carboxylic acid groups (broad SMARTS) is 1. The largest absolute Gasteiger partial charge is 0.512 e. The number of aliphatic hydroxyl groups excluding tert-OH is 2. The Morgan fingerprint density at radius 1 is 1.55 bits per heavy atom. The standard InChI is InChI=1S/C7H12O4/c1-2-5(8)3-6(9)4-7(10)11/h4-5,8-9H,2-3H2,1H3,(H,10,11). The van der Waals surface area contributed by atoms with Crippen LogP contribution < -0.4 is 0 Å². The third-order valence-corrected chi connectivity index (χ3v) is 1.21. The Morgan fingerprint density at radius 2 is 2.09 bits per heavy atom. The maximum Gasteiger partial charge on any atom is 0.331 e. The Bertz CT molecular complexity index is 162. The number of rotatable bonds is 4. The van der Waals surface area contributed by atoms with Crippen LogP contribution in [0.3, 0.4) is 0 Å². The molecule has 0 fully saturated rings. The van der Waals surface area contributed by atoms with E-state index in [9.17, 15) is 4.79 Å². The van der Waals surface area contributed by atoms with Gasteiger partial charge in [0.15, 0.2) is 0 Å². The van der Waals surface area contributed by atoms with Crippen molar-refractivity contribution in [3.8, 4) is 0 Å². The van der Waals surface area contributed by atoms with Crippen LogP contribution in [0.1, 0.15) is 19.8 Å². The summed E-state index contributed by atoms with van der Waals surface area (Å²) in [4.78, 5) is 9.96. The number of aliphatic carboxylic acids is 1. The number of carboxylic acids is 1. The van der Waals surface area contributed by atoms with E-state index in [1.54, 1.807) is 6.92 Å². The lowest BCUT2D eigenvalue weighted by atomic mass is 10.2. The number of hydrogen-bond donors (Lipinski definition) is 3. The van der Waals surface area contributed by atoms with Gasteiger partial charge in [0.2, 0.25) is 0 Å². The van der Waals surface area contributed by atoms with Gasteiger partial charge in [-0.05, 0) is 6.42 Å². The molecular formula is C7H12O4. The summed E-state index contributed by atoms with van der Waals surface area (Å²) in [6, 6.07) is 0. The molecule has 3 N–H and O–H groups in total. The zero-order valence-electron chi connectivity index (χ0n) is 6.32. The van der Waals surface area contributed by atoms with Crippen LogP contribution in [0.25, 0.3) is 0 Å². The van der Waals surface area contributed by atoms with E-state index < -0.39 is 12.1 Å². The van der Waals surface area contributed by atoms with Gasteiger partial charge in [-0.3, -0.25) is 0 Å². The molecule has 11 heavy (non-hydrogen) atoms. The second-order valence-corrected chi connectivity index (χ2v) is 2.24. The Kier molecular flexibility index (Phi) is 4.29. The van der Waals surface area contributed by atoms with Crippen LogP contribution >= 0.6 is 0 Å². The van der Waals surface area contributed by atoms with Crippen LogP contribution in [0.5, 0.6) is 0 Å². The minimum absolute atomic E-state index is 0.00278. The van der Waals surface area contributed by atoms with E-state index in [1.807, 2.05) is 0 Å². The van der Waals surface area contributed by atoms with Crippen molar-refractivity contribution in [2.75, 3.05) is 0 Å². The van der Waals surface area contributed by atoms with Gasteiger partial charge in [-0.1, -0.05) is 6.92 Å². The van der Waals surface area contributed by atoms with Crippen molar-refractivity contribution in [2.24, 2.45) is 0 Å². The van der Waals surface area contributed by atoms with E-state index in [2.05, 4.69) is 0 Å². The van der Waals surface area contributed by atoms with E-state index in [0.717, 1.165) is 0 Å². The molecule has 0 aromatic rings. The fourth-order valence-electron chi connectivity index (χ4n) is 0.587. The van der Waals surface area contributed by atoms with Crippen LogP contribution in [0.15, 0.2) is 11.8 Å². The van der Waals surface area contributed by atoms with E-state index in [0.29, 0.717) is 12.5 Å². The third kappa shape index (κ3) is 5.42. The molecule has 0 aliphatic rings. The van der Waals surface area contributed by atoms with Crippen LogP contribution in [-0.2, 0) is 4.79 Å². The first-order chi connectivity index (χ1) is 5.06. The summed E-state index contributed by atoms with van der Waals surface area (Å²) in [6.07, 6.45) is 0.518. The number of aliphatic hydroxyl groups is 2. The summed E-state index contributed by atoms with van der Waals surface area (Å²) in [6.45, 7) is 1.75. The zero-order chi connectivity index (χ0) is 8.85. The van der Waals surface area contributed by atoms with Crippen molar-refractivity contribution < 1.29 is 20.1 Å². The molecule has 1 unspecified atom stereocenters. The molecule has 0 amide bonds. The molecule has 0 aliphatic heterocycles. The average Bonchev–Trinajstić information content (AvgIpc) is 1.85. The predicted octanol–water partition coefficient (Wildman–Crippen LogP) is 0.674. The maximum absolute atomic E-state index is 9.96. The van der Waals surface area contributed by atoms with E-state index >= 15 is 0 Å². The van der Waals surface area contributed by atoms with E-state index in [4.69, 9.17) is 15.3 Å². The zero-order valence-corrected chi connectivity index (χ0v) is 6.32. The molecule has 0 aromatic heterocycles. The van der Waals surface area contributed by atoms with Gasteiger partial charge in [-0.15, -0.1) is 0 Å². The highest BCUT2D eigenvalue weighted by molar-refractivity contribution is 5.80. The lowest BCUT2D eigenvalue weighted by Gasteiger charge is -2.04. The Balaban J connectivity index is 3.85. The number of carbonyl (C=O) groups is 1. The molecule has 4 nitrogen and oxygen atoms in total. The van der Waals surface area contributed by atoms with E-state index in [-0.39, 0.29) is 12.2 Å². The molecule has 0 aromatic carbocycles. The summed E-state index contributed by atoms with van der Waals surface area (Å²) < 4.78 is 0. The first kappa shape index (κ1) is 9.97. The van der Waals surface area contributed by atoms with Crippen LogP contribution in [0, 0.1) is 0 Å². The minimum atomic E-state index is -1.20. The second kappa shape index (κ2) is 4.73. The summed E-state index contributed by atoms with van der Waals surface area (Å²) in [5, 5.41) is 25.9. The van der Waals surface area contributed by atoms with Gasteiger partial charge in [-0.25, -0.2) is 4.79 Å². The molecule has 0 heterocycles. The highest BCUT2D eigenvalue weighted by atomic mass is 16.4. The third-order valence-electron chi connectivity index (χ3n) is 1.21. The maximum atomic E-state index is 9.96. The van der Waals surface area contributed by atoms with Gasteiger partial charge < -0.3 is 15.3 Å². The fraction of sp³-hybridized carbons (Fsp3) is 0.571. The summed E-state index contributed by atoms with van der Waals surface area (Å²) in [7, 11) is 0. The number of hydrogen-bond acceptors (Lipinski definition) is 3. The molecule has 0 saturated carbocycles. The first-order valence-corrected chi connectivity index (χ1v) is 3.36. The van der Waals surface area contributed by atoms with Gasteiger partial charge in [0, 0.05) is 6.42 Å². The predicted molar refractivity (Wildman–Crippen MR) is 39.3 cm³/mol. The van der Waals surface area contributed by atoms with Crippen molar-refractivity contribution in [1.29, 1.82) is 0 Å². The Morgan fingerprint density at radius 3 is 2.45 bits per heavy atom. The Labute approximate surface area is 64.8 Å². The van der Waals surface area contributed by atoms with Gasteiger partial charge >= 0.3 is 5.97 Å². The first-order valence-electron chi connectivity index (χ1n) is 3.36. The fourth-order valence-corrected chi connectivity index (χ4v) is 0.587. The van der Waals surface area contributed by atoms with Crippen molar-refractivity contribution >= 4 is 5.97 Å². The second-order valence-electron chi connectivity index (χ2n) is 2.24. The van der Waals surface area contributed by atoms with Gasteiger partial charge in [-0.2, -0.15) is 0 Å². The lowest BCUT2D eigenvalue weighted by Crippen LogP contribution is -2.06. The monoisotopic (exact) mass is 160 g/mol. The molecule has 1 atom stereocenters. The van der Waals surface area contributed by atoms with Crippen LogP contribution in [0.4, 0.5) is 0 Å². The van der Waals surface area contributed by atoms with Crippen molar-refractivity contribution in [3.05, 3.63) is 11.8 Å². The molecule has 0 saturated heterocycles. The van der Waals surface area contributed by atoms with Gasteiger partial charge in [0.25, 0.3) is 0 Å². The molecule has 0 bridgehead atoms. The summed E-state index contributed by atoms with van der Waals surface area (Å²) in [5.41, 5.74) is 0. The average molecular weight is 160 g/mol. The lowest BCUT2D eigenvalue weighted by molar-refractivity contribution is -0.131. The molecule has 4 heteroatoms. The van der Waals surface area contributed by atoms with Crippen LogP contribution in [0.2, 0.25) is 0 Å². The topological polar surface area (TPSA) is 77.8 Å². The normalized spacial score (nSPS) is 14.5. The van der Waals surface area contributed by atoms with Gasteiger partial charge in [0.05, 0.1) is 12.2 Å². The van der Waals surface area contributed by atoms with Crippen molar-refractivity contribution in [1.82, 2.24) is 0 Å². The van der Waals surface area contributed by atoms with Crippen LogP contribution in [-0.4, -0.2) is 27.4 Å². The quantitative estimate of drug-likeness (QED) is 0.417. The highest BCUT2D eigenvalue weighted by Gasteiger charge is 2.04. The molecule has 0 spiro atoms. The molecule has 64 valence electrons. The highest BCUT2D eigenvalue weighted by Crippen LogP contribution is 2.04. The van der Waals surface area contributed by atoms with Crippen molar-refractivity contribution in [2.45, 2.75) is 25.9 Å². The molecule has 0 radical (unpaired) electrons. The van der Waals surface area contributed by atoms with Gasteiger partial charge in [0.1, 0.15) is 5.76 Å². The smallest absolute Gasteiger partial charge is 0.331 e. The molecule has 0 aliphatic carbocycles. The molecule has 0 rings (SSSR count). The summed E-state index contributed by atoms with van der Waals surface area (Å²) >= 11 is 0. The minimum Gasteiger partial charge on any atom is -0.512 e. The SMILES string of the molecule is CCC(O)CC(O)=CC(=O)O. The molecular weight excluding hydrogens is 148 g/mol. The van der Waals surface area contributed by atoms with Crippen molar-refractivity contribution in [3.63, 3.8) is 0 Å². The van der Waals surface area contributed by atoms with E-state index in [1.165, 1.54) is 0 Å². The Hall–Kier alpha value is -1.03. The summed E-state index contributed by atoms with van der Waals surface area (Å²) in [5.74, 6) is -1.50.